The summed E-state index contributed by atoms with van der Waals surface area (Å²) in [5.41, 5.74) is 0. The molecule has 16 heavy (non-hydrogen) atoms. The van der Waals surface area contributed by atoms with E-state index in [0.717, 1.165) is 37.8 Å². The zero-order valence-electron chi connectivity index (χ0n) is 10.2. The van der Waals surface area contributed by atoms with Gasteiger partial charge in [0.25, 0.3) is 0 Å². The summed E-state index contributed by atoms with van der Waals surface area (Å²) < 4.78 is 5.72. The summed E-state index contributed by atoms with van der Waals surface area (Å²) >= 11 is 7.15. The molecule has 5 heteroatoms. The molecule has 0 spiro atoms. The Morgan fingerprint density at radius 3 is 2.75 bits per heavy atom. The molecular weight excluding hydrogens is 240 g/mol. The highest BCUT2D eigenvalue weighted by Crippen LogP contribution is 2.46. The molecule has 94 valence electrons. The van der Waals surface area contributed by atoms with Crippen LogP contribution in [0.5, 0.6) is 0 Å². The SMILES string of the molecule is CCOCCCNC(=S)NCC1(SC)CC1. The van der Waals surface area contributed by atoms with Gasteiger partial charge in [-0.05, 0) is 44.7 Å². The van der Waals surface area contributed by atoms with Crippen LogP contribution in [-0.2, 0) is 4.74 Å². The first-order valence-corrected chi connectivity index (χ1v) is 7.50. The quantitative estimate of drug-likeness (QED) is 0.515. The molecule has 0 heterocycles. The second-order valence-electron chi connectivity index (χ2n) is 4.05. The summed E-state index contributed by atoms with van der Waals surface area (Å²) in [4.78, 5) is 0. The third kappa shape index (κ3) is 5.37. The Bertz CT molecular complexity index is 220. The van der Waals surface area contributed by atoms with E-state index in [0.29, 0.717) is 4.75 Å². The minimum absolute atomic E-state index is 0.469. The number of thiocarbonyl (C=S) groups is 1. The summed E-state index contributed by atoms with van der Waals surface area (Å²) in [6.45, 7) is 5.49. The fourth-order valence-corrected chi connectivity index (χ4v) is 2.32. The van der Waals surface area contributed by atoms with E-state index in [1.165, 1.54) is 12.8 Å². The Labute approximate surface area is 108 Å². The smallest absolute Gasteiger partial charge is 0.166 e. The van der Waals surface area contributed by atoms with Crippen LogP contribution < -0.4 is 10.6 Å². The molecule has 1 rings (SSSR count). The Balaban J connectivity index is 1.95. The van der Waals surface area contributed by atoms with Crippen molar-refractivity contribution in [1.29, 1.82) is 0 Å². The monoisotopic (exact) mass is 262 g/mol. The van der Waals surface area contributed by atoms with E-state index in [4.69, 9.17) is 17.0 Å². The number of thioether (sulfide) groups is 1. The van der Waals surface area contributed by atoms with Crippen LogP contribution in [0.4, 0.5) is 0 Å². The first-order valence-electron chi connectivity index (χ1n) is 5.87. The van der Waals surface area contributed by atoms with Crippen molar-refractivity contribution >= 4 is 29.1 Å². The van der Waals surface area contributed by atoms with Gasteiger partial charge in [-0.3, -0.25) is 0 Å². The molecular formula is C11H22N2OS2. The normalized spacial score (nSPS) is 16.9. The van der Waals surface area contributed by atoms with Gasteiger partial charge in [0, 0.05) is 31.1 Å². The van der Waals surface area contributed by atoms with E-state index in [2.05, 4.69) is 16.9 Å². The summed E-state index contributed by atoms with van der Waals surface area (Å²) in [6, 6.07) is 0. The molecule has 0 amide bonds. The van der Waals surface area contributed by atoms with E-state index in [1.54, 1.807) is 0 Å². The Hall–Kier alpha value is 0. The fraction of sp³-hybridized carbons (Fsp3) is 0.909. The maximum absolute atomic E-state index is 5.25. The molecule has 1 aliphatic carbocycles. The molecule has 2 N–H and O–H groups in total. The van der Waals surface area contributed by atoms with Gasteiger partial charge in [-0.25, -0.2) is 0 Å². The van der Waals surface area contributed by atoms with E-state index in [9.17, 15) is 0 Å². The third-order valence-electron chi connectivity index (χ3n) is 2.77. The van der Waals surface area contributed by atoms with Crippen molar-refractivity contribution in [2.45, 2.75) is 30.9 Å². The highest BCUT2D eigenvalue weighted by atomic mass is 32.2. The van der Waals surface area contributed by atoms with Crippen molar-refractivity contribution in [3.05, 3.63) is 0 Å². The second-order valence-corrected chi connectivity index (χ2v) is 5.73. The zero-order valence-corrected chi connectivity index (χ0v) is 11.8. The third-order valence-corrected chi connectivity index (χ3v) is 4.47. The second kappa shape index (κ2) is 7.35. The topological polar surface area (TPSA) is 33.3 Å². The number of nitrogens with one attached hydrogen (secondary N) is 2. The van der Waals surface area contributed by atoms with Crippen molar-refractivity contribution < 1.29 is 4.74 Å². The minimum atomic E-state index is 0.469. The van der Waals surface area contributed by atoms with E-state index in [1.807, 2.05) is 18.7 Å². The molecule has 0 atom stereocenters. The van der Waals surface area contributed by atoms with Gasteiger partial charge in [0.1, 0.15) is 0 Å². The van der Waals surface area contributed by atoms with Crippen molar-refractivity contribution in [3.8, 4) is 0 Å². The van der Waals surface area contributed by atoms with E-state index < -0.39 is 0 Å². The van der Waals surface area contributed by atoms with Crippen LogP contribution in [0.1, 0.15) is 26.2 Å². The van der Waals surface area contributed by atoms with Gasteiger partial charge in [0.15, 0.2) is 5.11 Å². The van der Waals surface area contributed by atoms with Crippen LogP contribution in [0.3, 0.4) is 0 Å². The van der Waals surface area contributed by atoms with E-state index >= 15 is 0 Å². The lowest BCUT2D eigenvalue weighted by atomic mass is 10.4. The highest BCUT2D eigenvalue weighted by Gasteiger charge is 2.41. The van der Waals surface area contributed by atoms with Crippen LogP contribution in [0, 0.1) is 0 Å². The van der Waals surface area contributed by atoms with Crippen molar-refractivity contribution in [2.24, 2.45) is 0 Å². The molecule has 0 radical (unpaired) electrons. The van der Waals surface area contributed by atoms with Gasteiger partial charge < -0.3 is 15.4 Å². The molecule has 0 aromatic carbocycles. The summed E-state index contributed by atoms with van der Waals surface area (Å²) in [7, 11) is 0. The van der Waals surface area contributed by atoms with Crippen molar-refractivity contribution in [1.82, 2.24) is 10.6 Å². The first-order chi connectivity index (χ1) is 7.72. The average molecular weight is 262 g/mol. The van der Waals surface area contributed by atoms with Crippen LogP contribution in [0.25, 0.3) is 0 Å². The number of rotatable bonds is 8. The molecule has 0 saturated heterocycles. The van der Waals surface area contributed by atoms with Gasteiger partial charge in [0.2, 0.25) is 0 Å². The summed E-state index contributed by atoms with van der Waals surface area (Å²) in [6.07, 6.45) is 5.80. The summed E-state index contributed by atoms with van der Waals surface area (Å²) in [5.74, 6) is 0. The molecule has 3 nitrogen and oxygen atoms in total. The van der Waals surface area contributed by atoms with Gasteiger partial charge in [0.05, 0.1) is 0 Å². The van der Waals surface area contributed by atoms with Crippen molar-refractivity contribution in [3.63, 3.8) is 0 Å². The Morgan fingerprint density at radius 1 is 1.44 bits per heavy atom. The lowest BCUT2D eigenvalue weighted by Gasteiger charge is -2.15. The Kier molecular flexibility index (Phi) is 6.46. The predicted octanol–water partition coefficient (Wildman–Crippen LogP) is 1.77. The van der Waals surface area contributed by atoms with Gasteiger partial charge in [-0.2, -0.15) is 11.8 Å². The van der Waals surface area contributed by atoms with Crippen LogP contribution in [-0.4, -0.2) is 42.4 Å². The standard InChI is InChI=1S/C11H22N2OS2/c1-3-14-8-4-7-12-10(15)13-9-11(16-2)5-6-11/h3-9H2,1-2H3,(H2,12,13,15). The number of hydrogen-bond donors (Lipinski definition) is 2. The molecule has 1 fully saturated rings. The largest absolute Gasteiger partial charge is 0.382 e. The maximum Gasteiger partial charge on any atom is 0.166 e. The molecule has 1 saturated carbocycles. The molecule has 0 aromatic heterocycles. The van der Waals surface area contributed by atoms with Gasteiger partial charge >= 0.3 is 0 Å². The molecule has 1 aliphatic rings. The fourth-order valence-electron chi connectivity index (χ4n) is 1.42. The van der Waals surface area contributed by atoms with Gasteiger partial charge in [-0.1, -0.05) is 0 Å². The number of ether oxygens (including phenoxy) is 1. The molecule has 0 unspecified atom stereocenters. The van der Waals surface area contributed by atoms with Crippen LogP contribution >= 0.6 is 24.0 Å². The zero-order chi connectivity index (χ0) is 11.9. The molecule has 0 aliphatic heterocycles. The van der Waals surface area contributed by atoms with E-state index in [-0.39, 0.29) is 0 Å². The van der Waals surface area contributed by atoms with Crippen molar-refractivity contribution in [2.75, 3.05) is 32.6 Å². The Morgan fingerprint density at radius 2 is 2.19 bits per heavy atom. The van der Waals surface area contributed by atoms with Gasteiger partial charge in [-0.15, -0.1) is 0 Å². The molecule has 0 aromatic rings. The molecule has 0 bridgehead atoms. The number of hydrogen-bond acceptors (Lipinski definition) is 3. The highest BCUT2D eigenvalue weighted by molar-refractivity contribution is 8.00. The van der Waals surface area contributed by atoms with Crippen LogP contribution in [0.15, 0.2) is 0 Å². The summed E-state index contributed by atoms with van der Waals surface area (Å²) in [5, 5.41) is 7.26. The minimum Gasteiger partial charge on any atom is -0.382 e. The van der Waals surface area contributed by atoms with Crippen LogP contribution in [0.2, 0.25) is 0 Å². The lowest BCUT2D eigenvalue weighted by Crippen LogP contribution is -2.40. The maximum atomic E-state index is 5.25. The average Bonchev–Trinajstić information content (AvgIpc) is 3.07. The lowest BCUT2D eigenvalue weighted by molar-refractivity contribution is 0.145. The first kappa shape index (κ1) is 14.1. The predicted molar refractivity (Wildman–Crippen MR) is 75.2 cm³/mol.